The Morgan fingerprint density at radius 1 is 1.23 bits per heavy atom. The van der Waals surface area contributed by atoms with Gasteiger partial charge in [-0.25, -0.2) is 0 Å². The van der Waals surface area contributed by atoms with Crippen molar-refractivity contribution >= 4 is 11.5 Å². The van der Waals surface area contributed by atoms with Crippen LogP contribution in [-0.2, 0) is 4.74 Å². The zero-order valence-electron chi connectivity index (χ0n) is 12.2. The maximum absolute atomic E-state index is 12.4. The molecule has 0 amide bonds. The normalized spacial score (nSPS) is 31.8. The van der Waals surface area contributed by atoms with Crippen LogP contribution in [0.25, 0.3) is 0 Å². The Morgan fingerprint density at radius 2 is 1.91 bits per heavy atom. The highest BCUT2D eigenvalue weighted by molar-refractivity contribution is 6.01. The SMILES string of the molecule is CNc1ccccc1C(=O)C[C@@H]1C(O)[C@H](O)C(CO)O[C@@H]1O. The lowest BCUT2D eigenvalue weighted by Gasteiger charge is -2.40. The minimum Gasteiger partial charge on any atom is -0.394 e. The highest BCUT2D eigenvalue weighted by atomic mass is 16.6. The number of carbonyl (C=O) groups excluding carboxylic acids is 1. The molecule has 1 saturated heterocycles. The van der Waals surface area contributed by atoms with Gasteiger partial charge in [-0.2, -0.15) is 0 Å². The van der Waals surface area contributed by atoms with E-state index in [4.69, 9.17) is 9.84 Å². The predicted molar refractivity (Wildman–Crippen MR) is 78.4 cm³/mol. The molecule has 1 aliphatic heterocycles. The van der Waals surface area contributed by atoms with E-state index in [0.717, 1.165) is 0 Å². The van der Waals surface area contributed by atoms with Gasteiger partial charge in [-0.05, 0) is 12.1 Å². The summed E-state index contributed by atoms with van der Waals surface area (Å²) < 4.78 is 5.05. The second kappa shape index (κ2) is 7.17. The van der Waals surface area contributed by atoms with Crippen molar-refractivity contribution in [2.24, 2.45) is 5.92 Å². The number of aliphatic hydroxyl groups is 4. The molecule has 5 N–H and O–H groups in total. The zero-order chi connectivity index (χ0) is 16.3. The molecule has 1 aliphatic rings. The smallest absolute Gasteiger partial charge is 0.165 e. The molecule has 0 aliphatic carbocycles. The summed E-state index contributed by atoms with van der Waals surface area (Å²) in [5.41, 5.74) is 1.07. The third kappa shape index (κ3) is 3.29. The van der Waals surface area contributed by atoms with Crippen LogP contribution in [0.15, 0.2) is 24.3 Å². The Morgan fingerprint density at radius 3 is 2.55 bits per heavy atom. The Bertz CT molecular complexity index is 523. The minimum absolute atomic E-state index is 0.184. The molecule has 1 aromatic carbocycles. The highest BCUT2D eigenvalue weighted by Crippen LogP contribution is 2.29. The summed E-state index contributed by atoms with van der Waals surface area (Å²) in [6.07, 6.45) is -5.39. The van der Waals surface area contributed by atoms with Crippen molar-refractivity contribution in [2.75, 3.05) is 19.0 Å². The fourth-order valence-corrected chi connectivity index (χ4v) is 2.64. The molecule has 0 bridgehead atoms. The number of para-hydroxylation sites is 1. The first kappa shape index (κ1) is 16.9. The topological polar surface area (TPSA) is 119 Å². The van der Waals surface area contributed by atoms with Crippen LogP contribution in [0.4, 0.5) is 5.69 Å². The zero-order valence-corrected chi connectivity index (χ0v) is 12.2. The maximum atomic E-state index is 12.4. The second-order valence-electron chi connectivity index (χ2n) is 5.32. The van der Waals surface area contributed by atoms with E-state index in [-0.39, 0.29) is 12.2 Å². The molecule has 1 heterocycles. The number of nitrogens with one attached hydrogen (secondary N) is 1. The van der Waals surface area contributed by atoms with Crippen molar-refractivity contribution in [3.05, 3.63) is 29.8 Å². The van der Waals surface area contributed by atoms with Crippen LogP contribution in [-0.4, -0.2) is 64.5 Å². The van der Waals surface area contributed by atoms with E-state index < -0.39 is 37.1 Å². The number of hydrogen-bond donors (Lipinski definition) is 5. The minimum atomic E-state index is -1.43. The fourth-order valence-electron chi connectivity index (χ4n) is 2.64. The number of ether oxygens (including phenoxy) is 1. The van der Waals surface area contributed by atoms with Crippen LogP contribution in [0.5, 0.6) is 0 Å². The first-order valence-corrected chi connectivity index (χ1v) is 7.10. The van der Waals surface area contributed by atoms with Gasteiger partial charge in [-0.1, -0.05) is 12.1 Å². The summed E-state index contributed by atoms with van der Waals surface area (Å²) >= 11 is 0. The van der Waals surface area contributed by atoms with Gasteiger partial charge in [0.25, 0.3) is 0 Å². The van der Waals surface area contributed by atoms with E-state index in [2.05, 4.69) is 5.32 Å². The quantitative estimate of drug-likeness (QED) is 0.458. The van der Waals surface area contributed by atoms with E-state index >= 15 is 0 Å². The van der Waals surface area contributed by atoms with Crippen molar-refractivity contribution in [3.8, 4) is 0 Å². The fraction of sp³-hybridized carbons (Fsp3) is 0.533. The number of rotatable bonds is 5. The summed E-state index contributed by atoms with van der Waals surface area (Å²) in [6, 6.07) is 6.89. The van der Waals surface area contributed by atoms with E-state index in [1.54, 1.807) is 31.3 Å². The molecule has 22 heavy (non-hydrogen) atoms. The number of benzene rings is 1. The van der Waals surface area contributed by atoms with Gasteiger partial charge < -0.3 is 30.5 Å². The molecular weight excluding hydrogens is 290 g/mol. The van der Waals surface area contributed by atoms with Crippen LogP contribution in [0.1, 0.15) is 16.8 Å². The summed E-state index contributed by atoms with van der Waals surface area (Å²) in [4.78, 5) is 12.4. The molecule has 0 radical (unpaired) electrons. The summed E-state index contributed by atoms with van der Waals surface area (Å²) in [7, 11) is 1.69. The van der Waals surface area contributed by atoms with Crippen molar-refractivity contribution < 1.29 is 30.0 Å². The molecule has 0 saturated carbocycles. The van der Waals surface area contributed by atoms with Crippen LogP contribution in [0.3, 0.4) is 0 Å². The van der Waals surface area contributed by atoms with Crippen molar-refractivity contribution in [1.82, 2.24) is 0 Å². The lowest BCUT2D eigenvalue weighted by molar-refractivity contribution is -0.268. The molecule has 2 unspecified atom stereocenters. The molecule has 7 heteroatoms. The van der Waals surface area contributed by atoms with Crippen LogP contribution in [0.2, 0.25) is 0 Å². The molecule has 7 nitrogen and oxygen atoms in total. The molecule has 2 rings (SSSR count). The maximum Gasteiger partial charge on any atom is 0.165 e. The van der Waals surface area contributed by atoms with Gasteiger partial charge in [0.2, 0.25) is 0 Å². The summed E-state index contributed by atoms with van der Waals surface area (Å²) in [5.74, 6) is -1.25. The average Bonchev–Trinajstić information content (AvgIpc) is 2.54. The Balaban J connectivity index is 2.14. The molecule has 1 aromatic rings. The van der Waals surface area contributed by atoms with E-state index in [9.17, 15) is 20.1 Å². The van der Waals surface area contributed by atoms with Gasteiger partial charge in [0, 0.05) is 30.6 Å². The number of ketones is 1. The Hall–Kier alpha value is -1.51. The van der Waals surface area contributed by atoms with Crippen molar-refractivity contribution in [2.45, 2.75) is 31.0 Å². The number of aliphatic hydroxyl groups excluding tert-OH is 4. The first-order valence-electron chi connectivity index (χ1n) is 7.10. The number of carbonyl (C=O) groups is 1. The summed E-state index contributed by atoms with van der Waals surface area (Å²) in [5, 5.41) is 41.7. The number of hydrogen-bond acceptors (Lipinski definition) is 7. The van der Waals surface area contributed by atoms with Crippen LogP contribution < -0.4 is 5.32 Å². The summed E-state index contributed by atoms with van der Waals surface area (Å²) in [6.45, 7) is -0.529. The van der Waals surface area contributed by atoms with E-state index in [1.165, 1.54) is 0 Å². The third-order valence-corrected chi connectivity index (χ3v) is 3.95. The molecular formula is C15H21NO6. The Kier molecular flexibility index (Phi) is 5.49. The number of anilines is 1. The van der Waals surface area contributed by atoms with Crippen molar-refractivity contribution in [1.29, 1.82) is 0 Å². The van der Waals surface area contributed by atoms with Gasteiger partial charge in [-0.15, -0.1) is 0 Å². The largest absolute Gasteiger partial charge is 0.394 e. The number of Topliss-reactive ketones (excluding diaryl/α,β-unsaturated/α-hetero) is 1. The molecule has 0 spiro atoms. The van der Waals surface area contributed by atoms with Gasteiger partial charge >= 0.3 is 0 Å². The molecule has 5 atom stereocenters. The molecule has 0 aromatic heterocycles. The lowest BCUT2D eigenvalue weighted by atomic mass is 9.86. The second-order valence-corrected chi connectivity index (χ2v) is 5.32. The van der Waals surface area contributed by atoms with Crippen molar-refractivity contribution in [3.63, 3.8) is 0 Å². The average molecular weight is 311 g/mol. The van der Waals surface area contributed by atoms with Gasteiger partial charge in [-0.3, -0.25) is 4.79 Å². The first-order chi connectivity index (χ1) is 10.5. The van der Waals surface area contributed by atoms with Crippen LogP contribution in [0, 0.1) is 5.92 Å². The van der Waals surface area contributed by atoms with Gasteiger partial charge in [0.1, 0.15) is 12.2 Å². The standard InChI is InChI=1S/C15H21NO6/c1-16-10-5-3-2-4-8(10)11(18)6-9-13(19)14(20)12(7-17)22-15(9)21/h2-5,9,12-17,19-21H,6-7H2,1H3/t9-,12?,13?,14-,15+/m1/s1. The van der Waals surface area contributed by atoms with Crippen LogP contribution >= 0.6 is 0 Å². The van der Waals surface area contributed by atoms with E-state index in [1.807, 2.05) is 0 Å². The highest BCUT2D eigenvalue weighted by Gasteiger charge is 2.44. The molecule has 122 valence electrons. The van der Waals surface area contributed by atoms with E-state index in [0.29, 0.717) is 11.3 Å². The lowest BCUT2D eigenvalue weighted by Crippen LogP contribution is -2.56. The monoisotopic (exact) mass is 311 g/mol. The predicted octanol–water partition coefficient (Wildman–Crippen LogP) is -0.651. The third-order valence-electron chi connectivity index (χ3n) is 3.95. The Labute approximate surface area is 128 Å². The van der Waals surface area contributed by atoms with Gasteiger partial charge in [0.05, 0.1) is 12.7 Å². The molecule has 1 fully saturated rings. The van der Waals surface area contributed by atoms with Gasteiger partial charge in [0.15, 0.2) is 12.1 Å².